The van der Waals surface area contributed by atoms with Crippen molar-refractivity contribution in [2.24, 2.45) is 0 Å². The number of hydrogen-bond acceptors (Lipinski definition) is 5. The lowest BCUT2D eigenvalue weighted by molar-refractivity contribution is 0.395. The minimum atomic E-state index is -3.56. The molecule has 1 heterocycles. The summed E-state index contributed by atoms with van der Waals surface area (Å²) < 4.78 is 28.3. The van der Waals surface area contributed by atoms with Crippen LogP contribution >= 0.6 is 34.5 Å². The lowest BCUT2D eigenvalue weighted by Gasteiger charge is -2.22. The van der Waals surface area contributed by atoms with Gasteiger partial charge in [-0.1, -0.05) is 49.9 Å². The Balaban J connectivity index is 2.21. The van der Waals surface area contributed by atoms with Crippen LogP contribution in [-0.2, 0) is 16.6 Å². The second-order valence-electron chi connectivity index (χ2n) is 6.19. The molecular weight excluding hydrogens is 425 g/mol. The highest BCUT2D eigenvalue weighted by Crippen LogP contribution is 2.28. The molecule has 0 fully saturated rings. The van der Waals surface area contributed by atoms with Gasteiger partial charge in [-0.25, -0.2) is 13.4 Å². The van der Waals surface area contributed by atoms with Crippen molar-refractivity contribution >= 4 is 50.2 Å². The lowest BCUT2D eigenvalue weighted by atomic mass is 10.3. The van der Waals surface area contributed by atoms with Crippen molar-refractivity contribution < 1.29 is 8.42 Å². The van der Waals surface area contributed by atoms with Gasteiger partial charge in [0.1, 0.15) is 0 Å². The van der Waals surface area contributed by atoms with E-state index in [9.17, 15) is 8.42 Å². The van der Waals surface area contributed by atoms with Crippen LogP contribution in [0.2, 0.25) is 9.49 Å². The molecule has 0 spiro atoms. The Labute approximate surface area is 175 Å². The molecule has 0 radical (unpaired) electrons. The number of nitrogens with zero attached hydrogens (tertiary/aromatic N) is 2. The maximum atomic E-state index is 13.1. The summed E-state index contributed by atoms with van der Waals surface area (Å²) in [7, 11) is -3.56. The van der Waals surface area contributed by atoms with E-state index in [-0.39, 0.29) is 4.90 Å². The summed E-state index contributed by atoms with van der Waals surface area (Å²) in [5.41, 5.74) is 0.577. The molecule has 150 valence electrons. The fourth-order valence-corrected chi connectivity index (χ4v) is 5.16. The number of nitrogens with one attached hydrogen (secondary N) is 1. The first-order valence-corrected chi connectivity index (χ1v) is 12.0. The van der Waals surface area contributed by atoms with Gasteiger partial charge in [0.05, 0.1) is 22.2 Å². The summed E-state index contributed by atoms with van der Waals surface area (Å²) in [5.74, 6) is 0. The molecule has 0 aliphatic rings. The second kappa shape index (κ2) is 10.6. The van der Waals surface area contributed by atoms with Crippen LogP contribution in [0.3, 0.4) is 0 Å². The van der Waals surface area contributed by atoms with E-state index >= 15 is 0 Å². The maximum Gasteiger partial charge on any atom is 0.243 e. The van der Waals surface area contributed by atoms with Gasteiger partial charge >= 0.3 is 0 Å². The predicted molar refractivity (Wildman–Crippen MR) is 114 cm³/mol. The number of thiazole rings is 1. The minimum absolute atomic E-state index is 0.254. The third kappa shape index (κ3) is 6.32. The average Bonchev–Trinajstić information content (AvgIpc) is 3.06. The SMILES string of the molecule is CCCCN(CCCC)S(=O)(=O)c1ccc(Cl)c(NCc2cnc(Cl)s2)c1. The van der Waals surface area contributed by atoms with Crippen molar-refractivity contribution in [2.75, 3.05) is 18.4 Å². The van der Waals surface area contributed by atoms with Gasteiger partial charge in [0.15, 0.2) is 4.47 Å². The van der Waals surface area contributed by atoms with Gasteiger partial charge in [-0.2, -0.15) is 4.31 Å². The van der Waals surface area contributed by atoms with Crippen LogP contribution in [0, 0.1) is 0 Å². The third-order valence-corrected chi connectivity index (χ3v) is 7.42. The van der Waals surface area contributed by atoms with Crippen molar-refractivity contribution in [1.29, 1.82) is 0 Å². The molecule has 0 atom stereocenters. The first kappa shape index (κ1) is 22.4. The molecule has 5 nitrogen and oxygen atoms in total. The predicted octanol–water partition coefficient (Wildman–Crippen LogP) is 5.65. The standard InChI is InChI=1S/C18H25Cl2N3O2S2/c1-3-5-9-23(10-6-4-2)27(24,25)15-7-8-16(19)17(11-15)21-12-14-13-22-18(20)26-14/h7-8,11,13,21H,3-6,9-10,12H2,1-2H3. The molecule has 1 aromatic heterocycles. The topological polar surface area (TPSA) is 62.3 Å². The highest BCUT2D eigenvalue weighted by atomic mass is 35.5. The van der Waals surface area contributed by atoms with E-state index < -0.39 is 10.0 Å². The van der Waals surface area contributed by atoms with Gasteiger partial charge in [0.25, 0.3) is 0 Å². The first-order chi connectivity index (χ1) is 12.9. The molecule has 2 aromatic rings. The van der Waals surface area contributed by atoms with Crippen LogP contribution in [0.15, 0.2) is 29.3 Å². The van der Waals surface area contributed by atoms with E-state index in [1.807, 2.05) is 0 Å². The molecule has 27 heavy (non-hydrogen) atoms. The largest absolute Gasteiger partial charge is 0.379 e. The van der Waals surface area contributed by atoms with Gasteiger partial charge in [-0.15, -0.1) is 11.3 Å². The number of aromatic nitrogens is 1. The molecule has 0 aliphatic carbocycles. The maximum absolute atomic E-state index is 13.1. The summed E-state index contributed by atoms with van der Waals surface area (Å²) >= 11 is 13.5. The second-order valence-corrected chi connectivity index (χ2v) is 10.2. The smallest absolute Gasteiger partial charge is 0.243 e. The van der Waals surface area contributed by atoms with Crippen molar-refractivity contribution in [3.63, 3.8) is 0 Å². The summed E-state index contributed by atoms with van der Waals surface area (Å²) in [4.78, 5) is 5.19. The molecule has 0 bridgehead atoms. The summed E-state index contributed by atoms with van der Waals surface area (Å²) in [6, 6.07) is 4.79. The van der Waals surface area contributed by atoms with Crippen molar-refractivity contribution in [2.45, 2.75) is 51.0 Å². The summed E-state index contributed by atoms with van der Waals surface area (Å²) in [5, 5.41) is 3.65. The number of unbranched alkanes of at least 4 members (excludes halogenated alkanes) is 2. The molecule has 9 heteroatoms. The number of benzene rings is 1. The van der Waals surface area contributed by atoms with Crippen LogP contribution < -0.4 is 5.32 Å². The Hall–Kier alpha value is -0.860. The average molecular weight is 450 g/mol. The van der Waals surface area contributed by atoms with Crippen LogP contribution in [0.5, 0.6) is 0 Å². The lowest BCUT2D eigenvalue weighted by Crippen LogP contribution is -2.33. The molecule has 0 saturated carbocycles. The Morgan fingerprint density at radius 2 is 1.81 bits per heavy atom. The van der Waals surface area contributed by atoms with Crippen LogP contribution in [0.25, 0.3) is 0 Å². The number of sulfonamides is 1. The van der Waals surface area contributed by atoms with Crippen LogP contribution in [0.4, 0.5) is 5.69 Å². The monoisotopic (exact) mass is 449 g/mol. The highest BCUT2D eigenvalue weighted by molar-refractivity contribution is 7.89. The van der Waals surface area contributed by atoms with E-state index in [4.69, 9.17) is 23.2 Å². The fraction of sp³-hybridized carbons (Fsp3) is 0.500. The molecule has 1 N–H and O–H groups in total. The Morgan fingerprint density at radius 1 is 1.15 bits per heavy atom. The fourth-order valence-electron chi connectivity index (χ4n) is 2.52. The molecule has 2 rings (SSSR count). The molecule has 0 saturated heterocycles. The van der Waals surface area contributed by atoms with Gasteiger partial charge in [0.2, 0.25) is 10.0 Å². The van der Waals surface area contributed by atoms with Gasteiger partial charge in [0, 0.05) is 24.2 Å². The minimum Gasteiger partial charge on any atom is -0.379 e. The van der Waals surface area contributed by atoms with Crippen LogP contribution in [-0.4, -0.2) is 30.8 Å². The zero-order valence-corrected chi connectivity index (χ0v) is 18.7. The van der Waals surface area contributed by atoms with Gasteiger partial charge in [-0.05, 0) is 31.0 Å². The Morgan fingerprint density at radius 3 is 2.37 bits per heavy atom. The zero-order chi connectivity index (χ0) is 19.9. The normalized spacial score (nSPS) is 11.9. The van der Waals surface area contributed by atoms with Crippen LogP contribution in [0.1, 0.15) is 44.4 Å². The van der Waals surface area contributed by atoms with Gasteiger partial charge < -0.3 is 5.32 Å². The van der Waals surface area contributed by atoms with Crippen molar-refractivity contribution in [3.8, 4) is 0 Å². The molecule has 0 unspecified atom stereocenters. The van der Waals surface area contributed by atoms with E-state index in [2.05, 4.69) is 24.1 Å². The Bertz CT molecular complexity index is 833. The van der Waals surface area contributed by atoms with E-state index in [0.29, 0.717) is 34.8 Å². The first-order valence-electron chi connectivity index (χ1n) is 9.02. The zero-order valence-electron chi connectivity index (χ0n) is 15.5. The Kier molecular flexibility index (Phi) is 8.82. The molecular formula is C18H25Cl2N3O2S2. The van der Waals surface area contributed by atoms with E-state index in [0.717, 1.165) is 30.6 Å². The summed E-state index contributed by atoms with van der Waals surface area (Å²) in [6.07, 6.45) is 5.26. The van der Waals surface area contributed by atoms with Crippen molar-refractivity contribution in [3.05, 3.63) is 38.8 Å². The third-order valence-electron chi connectivity index (χ3n) is 4.08. The molecule has 1 aromatic carbocycles. The number of hydrogen-bond donors (Lipinski definition) is 1. The quantitative estimate of drug-likeness (QED) is 0.480. The number of rotatable bonds is 11. The van der Waals surface area contributed by atoms with E-state index in [1.54, 1.807) is 28.7 Å². The van der Waals surface area contributed by atoms with E-state index in [1.165, 1.54) is 11.3 Å². The molecule has 0 amide bonds. The number of halogens is 2. The highest BCUT2D eigenvalue weighted by Gasteiger charge is 2.24. The van der Waals surface area contributed by atoms with Crippen molar-refractivity contribution in [1.82, 2.24) is 9.29 Å². The molecule has 0 aliphatic heterocycles. The van der Waals surface area contributed by atoms with Gasteiger partial charge in [-0.3, -0.25) is 0 Å². The summed E-state index contributed by atoms with van der Waals surface area (Å²) in [6.45, 7) is 5.65. The number of anilines is 1.